The van der Waals surface area contributed by atoms with Crippen LogP contribution in [-0.4, -0.2) is 51.9 Å². The molecule has 9 nitrogen and oxygen atoms in total. The summed E-state index contributed by atoms with van der Waals surface area (Å²) >= 11 is 0. The Bertz CT molecular complexity index is 1430. The van der Waals surface area contributed by atoms with Gasteiger partial charge in [0.2, 0.25) is 0 Å². The highest BCUT2D eigenvalue weighted by atomic mass is 15.3. The fourth-order valence-electron chi connectivity index (χ4n) is 4.98. The van der Waals surface area contributed by atoms with Crippen LogP contribution in [0.15, 0.2) is 43.0 Å². The summed E-state index contributed by atoms with van der Waals surface area (Å²) in [4.78, 5) is 21.2. The number of rotatable bonds is 3. The van der Waals surface area contributed by atoms with Crippen LogP contribution in [0.25, 0.3) is 33.6 Å². The number of aromatic nitrogens is 8. The van der Waals surface area contributed by atoms with E-state index in [-0.39, 0.29) is 0 Å². The highest BCUT2D eigenvalue weighted by Crippen LogP contribution is 2.33. The predicted molar refractivity (Wildman–Crippen MR) is 123 cm³/mol. The third kappa shape index (κ3) is 2.88. The van der Waals surface area contributed by atoms with Gasteiger partial charge in [0.25, 0.3) is 0 Å². The van der Waals surface area contributed by atoms with E-state index in [9.17, 15) is 0 Å². The van der Waals surface area contributed by atoms with E-state index in [0.29, 0.717) is 6.04 Å². The Labute approximate surface area is 185 Å². The van der Waals surface area contributed by atoms with Crippen molar-refractivity contribution in [2.24, 2.45) is 14.1 Å². The summed E-state index contributed by atoms with van der Waals surface area (Å²) in [6.45, 7) is 3.94. The highest BCUT2D eigenvalue weighted by Gasteiger charge is 2.26. The van der Waals surface area contributed by atoms with Crippen molar-refractivity contribution in [2.45, 2.75) is 25.8 Å². The molecule has 0 radical (unpaired) electrons. The van der Waals surface area contributed by atoms with Crippen LogP contribution in [0.4, 0.5) is 5.82 Å². The number of piperidine rings is 1. The molecule has 1 aliphatic rings. The Balaban J connectivity index is 1.31. The van der Waals surface area contributed by atoms with E-state index in [0.717, 1.165) is 65.6 Å². The maximum atomic E-state index is 4.92. The average molecular weight is 428 g/mol. The second-order valence-electron chi connectivity index (χ2n) is 8.50. The second kappa shape index (κ2) is 7.15. The van der Waals surface area contributed by atoms with E-state index in [1.807, 2.05) is 31.1 Å². The lowest BCUT2D eigenvalue weighted by molar-refractivity contribution is 0.397. The van der Waals surface area contributed by atoms with Crippen LogP contribution in [0.2, 0.25) is 0 Å². The number of fused-ring (bicyclic) bond motifs is 2. The van der Waals surface area contributed by atoms with Crippen LogP contribution in [0, 0.1) is 6.92 Å². The summed E-state index contributed by atoms with van der Waals surface area (Å²) in [6.07, 6.45) is 7.52. The molecule has 5 aromatic rings. The van der Waals surface area contributed by atoms with Crippen molar-refractivity contribution in [3.05, 3.63) is 48.8 Å². The van der Waals surface area contributed by atoms with Crippen molar-refractivity contribution < 1.29 is 0 Å². The fraction of sp³-hybridized carbons (Fsp3) is 0.348. The Kier molecular flexibility index (Phi) is 4.24. The highest BCUT2D eigenvalue weighted by molar-refractivity contribution is 5.86. The molecule has 0 amide bonds. The molecule has 1 aliphatic heterocycles. The second-order valence-corrected chi connectivity index (χ2v) is 8.50. The number of imidazole rings is 2. The first kappa shape index (κ1) is 19.0. The SMILES string of the molecule is Cc1nc2ccccc2n1C1CCN(c2ncnc3c2nc(-c2cnn(C)c2)n3C)CC1. The fourth-order valence-corrected chi connectivity index (χ4v) is 4.98. The molecule has 1 saturated heterocycles. The molecule has 162 valence electrons. The quantitative estimate of drug-likeness (QED) is 0.440. The zero-order valence-electron chi connectivity index (χ0n) is 18.5. The van der Waals surface area contributed by atoms with Crippen molar-refractivity contribution in [3.8, 4) is 11.4 Å². The van der Waals surface area contributed by atoms with E-state index in [2.05, 4.69) is 55.7 Å². The monoisotopic (exact) mass is 427 g/mol. The van der Waals surface area contributed by atoms with Gasteiger partial charge >= 0.3 is 0 Å². The number of aryl methyl sites for hydroxylation is 3. The van der Waals surface area contributed by atoms with Crippen LogP contribution in [0.5, 0.6) is 0 Å². The number of anilines is 1. The van der Waals surface area contributed by atoms with E-state index >= 15 is 0 Å². The summed E-state index contributed by atoms with van der Waals surface area (Å²) in [5.41, 5.74) is 4.95. The lowest BCUT2D eigenvalue weighted by atomic mass is 10.0. The van der Waals surface area contributed by atoms with Gasteiger partial charge in [-0.2, -0.15) is 5.10 Å². The van der Waals surface area contributed by atoms with Crippen LogP contribution in [0.1, 0.15) is 24.7 Å². The Morgan fingerprint density at radius 2 is 1.81 bits per heavy atom. The third-order valence-electron chi connectivity index (χ3n) is 6.50. The van der Waals surface area contributed by atoms with Crippen molar-refractivity contribution in [2.75, 3.05) is 18.0 Å². The van der Waals surface area contributed by atoms with Crippen LogP contribution >= 0.6 is 0 Å². The zero-order chi connectivity index (χ0) is 21.8. The molecule has 4 aromatic heterocycles. The Morgan fingerprint density at radius 3 is 2.59 bits per heavy atom. The first-order chi connectivity index (χ1) is 15.6. The summed E-state index contributed by atoms with van der Waals surface area (Å²) in [5.74, 6) is 2.84. The number of para-hydroxylation sites is 2. The van der Waals surface area contributed by atoms with Gasteiger partial charge in [-0.25, -0.2) is 19.9 Å². The molecule has 6 rings (SSSR count). The molecule has 32 heavy (non-hydrogen) atoms. The van der Waals surface area contributed by atoms with Crippen molar-refractivity contribution in [1.29, 1.82) is 0 Å². The maximum Gasteiger partial charge on any atom is 0.165 e. The van der Waals surface area contributed by atoms with E-state index < -0.39 is 0 Å². The normalized spacial score (nSPS) is 15.3. The van der Waals surface area contributed by atoms with Crippen molar-refractivity contribution in [3.63, 3.8) is 0 Å². The number of benzene rings is 1. The first-order valence-electron chi connectivity index (χ1n) is 10.9. The molecule has 1 aromatic carbocycles. The summed E-state index contributed by atoms with van der Waals surface area (Å²) < 4.78 is 6.21. The molecule has 9 heteroatoms. The standard InChI is InChI=1S/C23H25N9/c1-15-27-18-6-4-5-7-19(18)32(15)17-8-10-31(11-9-17)23-20-22(24-14-25-23)30(3)21(28-20)16-12-26-29(2)13-16/h4-7,12-14,17H,8-11H2,1-3H3. The van der Waals surface area contributed by atoms with Gasteiger partial charge in [-0.15, -0.1) is 0 Å². The molecule has 1 fully saturated rings. The average Bonchev–Trinajstić information content (AvgIpc) is 3.48. The largest absolute Gasteiger partial charge is 0.355 e. The molecule has 0 bridgehead atoms. The molecule has 0 N–H and O–H groups in total. The van der Waals surface area contributed by atoms with Gasteiger partial charge in [-0.3, -0.25) is 4.68 Å². The minimum atomic E-state index is 0.436. The van der Waals surface area contributed by atoms with Crippen LogP contribution < -0.4 is 4.90 Å². The van der Waals surface area contributed by atoms with Crippen molar-refractivity contribution in [1.82, 2.24) is 38.9 Å². The predicted octanol–water partition coefficient (Wildman–Crippen LogP) is 3.26. The summed E-state index contributed by atoms with van der Waals surface area (Å²) in [6, 6.07) is 8.84. The first-order valence-corrected chi connectivity index (χ1v) is 10.9. The number of hydrogen-bond donors (Lipinski definition) is 0. The minimum absolute atomic E-state index is 0.436. The molecular formula is C23H25N9. The molecule has 0 spiro atoms. The third-order valence-corrected chi connectivity index (χ3v) is 6.50. The van der Waals surface area contributed by atoms with E-state index in [1.54, 1.807) is 11.0 Å². The molecular weight excluding hydrogens is 402 g/mol. The minimum Gasteiger partial charge on any atom is -0.355 e. The molecule has 0 saturated carbocycles. The lowest BCUT2D eigenvalue weighted by Crippen LogP contribution is -2.35. The lowest BCUT2D eigenvalue weighted by Gasteiger charge is -2.34. The summed E-state index contributed by atoms with van der Waals surface area (Å²) in [5, 5.41) is 4.29. The van der Waals surface area contributed by atoms with Crippen molar-refractivity contribution >= 4 is 28.0 Å². The topological polar surface area (TPSA) is 82.5 Å². The van der Waals surface area contributed by atoms with Gasteiger partial charge in [0.15, 0.2) is 17.0 Å². The van der Waals surface area contributed by atoms with Gasteiger partial charge in [-0.1, -0.05) is 12.1 Å². The van der Waals surface area contributed by atoms with E-state index in [1.165, 1.54) is 5.52 Å². The number of hydrogen-bond acceptors (Lipinski definition) is 6. The molecule has 5 heterocycles. The van der Waals surface area contributed by atoms with Crippen LogP contribution in [0.3, 0.4) is 0 Å². The molecule has 0 unspecified atom stereocenters. The van der Waals surface area contributed by atoms with Gasteiger partial charge in [0, 0.05) is 39.4 Å². The Hall–Kier alpha value is -3.75. The molecule has 0 aliphatic carbocycles. The van der Waals surface area contributed by atoms with Gasteiger partial charge in [0.05, 0.1) is 22.8 Å². The smallest absolute Gasteiger partial charge is 0.165 e. The van der Waals surface area contributed by atoms with E-state index in [4.69, 9.17) is 9.97 Å². The number of nitrogens with zero attached hydrogens (tertiary/aromatic N) is 9. The van der Waals surface area contributed by atoms with Gasteiger partial charge in [-0.05, 0) is 31.9 Å². The zero-order valence-corrected chi connectivity index (χ0v) is 18.5. The Morgan fingerprint density at radius 1 is 1.00 bits per heavy atom. The van der Waals surface area contributed by atoms with Crippen LogP contribution in [-0.2, 0) is 14.1 Å². The van der Waals surface area contributed by atoms with Gasteiger partial charge < -0.3 is 14.0 Å². The summed E-state index contributed by atoms with van der Waals surface area (Å²) in [7, 11) is 3.90. The maximum absolute atomic E-state index is 4.92. The van der Waals surface area contributed by atoms with Gasteiger partial charge in [0.1, 0.15) is 18.0 Å². The molecule has 0 atom stereocenters.